The minimum absolute atomic E-state index is 0.105. The van der Waals surface area contributed by atoms with Crippen LogP contribution in [0.4, 0.5) is 0 Å². The molecule has 0 amide bonds. The number of nitrogens with zero attached hydrogens (tertiary/aromatic N) is 1. The molecule has 0 aliphatic carbocycles. The lowest BCUT2D eigenvalue weighted by atomic mass is 10.0. The van der Waals surface area contributed by atoms with Gasteiger partial charge >= 0.3 is 5.97 Å². The van der Waals surface area contributed by atoms with Crippen molar-refractivity contribution in [2.45, 2.75) is 32.9 Å². The maximum Gasteiger partial charge on any atom is 0.335 e. The van der Waals surface area contributed by atoms with Crippen LogP contribution in [0.2, 0.25) is 0 Å². The summed E-state index contributed by atoms with van der Waals surface area (Å²) in [6.07, 6.45) is 0.922. The molecule has 0 fully saturated rings. The molecule has 0 aliphatic heterocycles. The summed E-state index contributed by atoms with van der Waals surface area (Å²) in [6.45, 7) is 5.01. The molecule has 19 heavy (non-hydrogen) atoms. The van der Waals surface area contributed by atoms with E-state index >= 15 is 0 Å². The van der Waals surface area contributed by atoms with E-state index < -0.39 is 5.97 Å². The van der Waals surface area contributed by atoms with Crippen molar-refractivity contribution >= 4 is 5.97 Å². The van der Waals surface area contributed by atoms with Gasteiger partial charge < -0.3 is 10.2 Å². The molecular weight excluding hydrogens is 242 g/mol. The van der Waals surface area contributed by atoms with Crippen molar-refractivity contribution in [1.82, 2.24) is 4.90 Å². The average molecular weight is 265 g/mol. The summed E-state index contributed by atoms with van der Waals surface area (Å²) >= 11 is 0. The summed E-state index contributed by atoms with van der Waals surface area (Å²) in [4.78, 5) is 13.0. The minimum atomic E-state index is -0.912. The maximum absolute atomic E-state index is 10.9. The molecule has 1 aromatic carbocycles. The van der Waals surface area contributed by atoms with Crippen molar-refractivity contribution in [1.29, 1.82) is 0 Å². The van der Waals surface area contributed by atoms with E-state index in [-0.39, 0.29) is 12.6 Å². The number of aromatic carboxylic acids is 1. The number of aliphatic hydroxyl groups excluding tert-OH is 1. The molecule has 2 N–H and O–H groups in total. The van der Waals surface area contributed by atoms with Crippen LogP contribution in [0.5, 0.6) is 0 Å². The Bertz CT molecular complexity index is 418. The van der Waals surface area contributed by atoms with Crippen LogP contribution in [0.25, 0.3) is 0 Å². The van der Waals surface area contributed by atoms with E-state index in [1.165, 1.54) is 0 Å². The minimum Gasteiger partial charge on any atom is -0.478 e. The Hall–Kier alpha value is -1.39. The molecule has 106 valence electrons. The molecule has 0 aliphatic rings. The number of carboxylic acids is 1. The second-order valence-electron chi connectivity index (χ2n) is 5.39. The first-order chi connectivity index (χ1) is 8.93. The molecule has 0 spiro atoms. The highest BCUT2D eigenvalue weighted by molar-refractivity contribution is 5.87. The molecule has 0 heterocycles. The molecule has 1 rings (SSSR count). The largest absolute Gasteiger partial charge is 0.478 e. The summed E-state index contributed by atoms with van der Waals surface area (Å²) in [5, 5.41) is 18.4. The number of carboxylic acid groups (broad SMARTS) is 1. The number of hydrogen-bond acceptors (Lipinski definition) is 3. The number of benzene rings is 1. The Kier molecular flexibility index (Phi) is 5.99. The van der Waals surface area contributed by atoms with Gasteiger partial charge in [-0.2, -0.15) is 0 Å². The molecule has 4 nitrogen and oxygen atoms in total. The van der Waals surface area contributed by atoms with Crippen molar-refractivity contribution in [2.24, 2.45) is 5.92 Å². The third kappa shape index (κ3) is 5.01. The van der Waals surface area contributed by atoms with Crippen LogP contribution in [0.3, 0.4) is 0 Å². The van der Waals surface area contributed by atoms with Gasteiger partial charge in [0.1, 0.15) is 0 Å². The Balaban J connectivity index is 2.72. The third-order valence-corrected chi connectivity index (χ3v) is 3.18. The van der Waals surface area contributed by atoms with Gasteiger partial charge in [0.15, 0.2) is 0 Å². The van der Waals surface area contributed by atoms with Crippen molar-refractivity contribution in [3.8, 4) is 0 Å². The summed E-state index contributed by atoms with van der Waals surface area (Å²) in [5.74, 6) is -0.393. The van der Waals surface area contributed by atoms with Crippen molar-refractivity contribution in [3.05, 3.63) is 35.4 Å². The van der Waals surface area contributed by atoms with Crippen molar-refractivity contribution in [3.63, 3.8) is 0 Å². The van der Waals surface area contributed by atoms with Gasteiger partial charge in [-0.25, -0.2) is 4.79 Å². The Morgan fingerprint density at radius 3 is 2.58 bits per heavy atom. The van der Waals surface area contributed by atoms with E-state index in [2.05, 4.69) is 18.7 Å². The van der Waals surface area contributed by atoms with Crippen LogP contribution >= 0.6 is 0 Å². The summed E-state index contributed by atoms with van der Waals surface area (Å²) in [5.41, 5.74) is 1.25. The molecule has 0 saturated heterocycles. The third-order valence-electron chi connectivity index (χ3n) is 3.18. The fourth-order valence-corrected chi connectivity index (χ4v) is 2.16. The van der Waals surface area contributed by atoms with Crippen molar-refractivity contribution in [2.75, 3.05) is 13.7 Å². The lowest BCUT2D eigenvalue weighted by Gasteiger charge is -2.28. The second kappa shape index (κ2) is 7.26. The quantitative estimate of drug-likeness (QED) is 0.793. The highest BCUT2D eigenvalue weighted by atomic mass is 16.4. The maximum atomic E-state index is 10.9. The molecular formula is C15H23NO3. The topological polar surface area (TPSA) is 60.8 Å². The molecule has 4 heteroatoms. The second-order valence-corrected chi connectivity index (χ2v) is 5.39. The molecule has 1 atom stereocenters. The Morgan fingerprint density at radius 2 is 2.05 bits per heavy atom. The van der Waals surface area contributed by atoms with Gasteiger partial charge in [0.05, 0.1) is 12.2 Å². The number of aliphatic hydroxyl groups is 1. The first-order valence-corrected chi connectivity index (χ1v) is 6.57. The fourth-order valence-electron chi connectivity index (χ4n) is 2.16. The van der Waals surface area contributed by atoms with E-state index in [1.54, 1.807) is 18.2 Å². The van der Waals surface area contributed by atoms with Gasteiger partial charge in [0, 0.05) is 12.6 Å². The predicted molar refractivity (Wildman–Crippen MR) is 75.2 cm³/mol. The van der Waals surface area contributed by atoms with Gasteiger partial charge in [-0.1, -0.05) is 26.0 Å². The zero-order valence-corrected chi connectivity index (χ0v) is 11.8. The van der Waals surface area contributed by atoms with E-state index in [1.807, 2.05) is 13.1 Å². The van der Waals surface area contributed by atoms with Crippen LogP contribution in [-0.4, -0.2) is 40.8 Å². The van der Waals surface area contributed by atoms with Gasteiger partial charge in [-0.05, 0) is 37.1 Å². The first kappa shape index (κ1) is 15.7. The van der Waals surface area contributed by atoms with E-state index in [0.717, 1.165) is 12.0 Å². The highest BCUT2D eigenvalue weighted by Crippen LogP contribution is 2.14. The Morgan fingerprint density at radius 1 is 1.37 bits per heavy atom. The predicted octanol–water partition coefficient (Wildman–Crippen LogP) is 2.22. The monoisotopic (exact) mass is 265 g/mol. The van der Waals surface area contributed by atoms with E-state index in [4.69, 9.17) is 5.11 Å². The summed E-state index contributed by atoms with van der Waals surface area (Å²) in [7, 11) is 1.96. The number of hydrogen-bond donors (Lipinski definition) is 2. The van der Waals surface area contributed by atoms with Crippen LogP contribution in [0, 0.1) is 5.92 Å². The molecule has 0 aromatic heterocycles. The number of rotatable bonds is 7. The fraction of sp³-hybridized carbons (Fsp3) is 0.533. The van der Waals surface area contributed by atoms with Crippen LogP contribution in [0.1, 0.15) is 36.2 Å². The van der Waals surface area contributed by atoms with Gasteiger partial charge in [-0.3, -0.25) is 4.90 Å². The number of carbonyl (C=O) groups is 1. The van der Waals surface area contributed by atoms with Crippen LogP contribution in [0.15, 0.2) is 24.3 Å². The standard InChI is InChI=1S/C15H23NO3/c1-11(2)7-14(10-17)16(3)9-12-5-4-6-13(8-12)15(18)19/h4-6,8,11,14,17H,7,9-10H2,1-3H3,(H,18,19). The van der Waals surface area contributed by atoms with Gasteiger partial charge in [0.25, 0.3) is 0 Å². The van der Waals surface area contributed by atoms with Gasteiger partial charge in [0.2, 0.25) is 0 Å². The first-order valence-electron chi connectivity index (χ1n) is 6.57. The zero-order chi connectivity index (χ0) is 14.4. The van der Waals surface area contributed by atoms with Gasteiger partial charge in [-0.15, -0.1) is 0 Å². The van der Waals surface area contributed by atoms with Crippen LogP contribution < -0.4 is 0 Å². The molecule has 1 aromatic rings. The van der Waals surface area contributed by atoms with Crippen LogP contribution in [-0.2, 0) is 6.54 Å². The zero-order valence-electron chi connectivity index (χ0n) is 11.8. The summed E-state index contributed by atoms with van der Waals surface area (Å²) in [6, 6.07) is 7.04. The normalized spacial score (nSPS) is 12.9. The molecule has 0 radical (unpaired) electrons. The molecule has 1 unspecified atom stereocenters. The smallest absolute Gasteiger partial charge is 0.335 e. The molecule has 0 bridgehead atoms. The van der Waals surface area contributed by atoms with E-state index in [0.29, 0.717) is 18.0 Å². The Labute approximate surface area is 114 Å². The highest BCUT2D eigenvalue weighted by Gasteiger charge is 2.16. The SMILES string of the molecule is CC(C)CC(CO)N(C)Cc1cccc(C(=O)O)c1. The summed E-state index contributed by atoms with van der Waals surface area (Å²) < 4.78 is 0. The van der Waals surface area contributed by atoms with Crippen molar-refractivity contribution < 1.29 is 15.0 Å². The number of likely N-dealkylation sites (N-methyl/N-ethyl adjacent to an activating group) is 1. The molecule has 0 saturated carbocycles. The lowest BCUT2D eigenvalue weighted by Crippen LogP contribution is -2.35. The lowest BCUT2D eigenvalue weighted by molar-refractivity contribution is 0.0696. The van der Waals surface area contributed by atoms with E-state index in [9.17, 15) is 9.90 Å². The average Bonchev–Trinajstić information content (AvgIpc) is 2.35.